The number of nitrogens with one attached hydrogen (secondary N) is 1. The highest BCUT2D eigenvalue weighted by atomic mass is 16.5. The summed E-state index contributed by atoms with van der Waals surface area (Å²) in [4.78, 5) is 0. The van der Waals surface area contributed by atoms with E-state index in [4.69, 9.17) is 14.6 Å². The fourth-order valence-electron chi connectivity index (χ4n) is 1.86. The Morgan fingerprint density at radius 1 is 1.10 bits per heavy atom. The van der Waals surface area contributed by atoms with Crippen molar-refractivity contribution in [2.75, 3.05) is 26.4 Å². The van der Waals surface area contributed by atoms with Gasteiger partial charge in [-0.1, -0.05) is 13.0 Å². The summed E-state index contributed by atoms with van der Waals surface area (Å²) < 4.78 is 11.3. The first-order valence-electron chi connectivity index (χ1n) is 7.51. The molecule has 0 heterocycles. The molecule has 0 atom stereocenters. The van der Waals surface area contributed by atoms with Crippen molar-refractivity contribution in [2.45, 2.75) is 39.7 Å². The zero-order chi connectivity index (χ0) is 14.6. The molecule has 4 heteroatoms. The largest absolute Gasteiger partial charge is 0.490 e. The number of unbranched alkanes of at least 4 members (excludes halogenated alkanes) is 1. The van der Waals surface area contributed by atoms with Crippen molar-refractivity contribution >= 4 is 0 Å². The Morgan fingerprint density at radius 3 is 2.65 bits per heavy atom. The first-order valence-corrected chi connectivity index (χ1v) is 7.51. The molecule has 1 rings (SSSR count). The third-order valence-corrected chi connectivity index (χ3v) is 2.86. The van der Waals surface area contributed by atoms with Gasteiger partial charge in [-0.05, 0) is 50.4 Å². The maximum Gasteiger partial charge on any atom is 0.161 e. The van der Waals surface area contributed by atoms with E-state index in [1.165, 1.54) is 5.56 Å². The smallest absolute Gasteiger partial charge is 0.161 e. The Bertz CT molecular complexity index is 369. The number of hydrogen-bond donors (Lipinski definition) is 2. The Hall–Kier alpha value is -1.26. The molecule has 0 saturated carbocycles. The summed E-state index contributed by atoms with van der Waals surface area (Å²) in [5.41, 5.74) is 1.18. The second-order valence-electron chi connectivity index (χ2n) is 4.67. The number of benzene rings is 1. The zero-order valence-electron chi connectivity index (χ0n) is 12.7. The Labute approximate surface area is 122 Å². The minimum absolute atomic E-state index is 0.264. The lowest BCUT2D eigenvalue weighted by atomic mass is 10.2. The van der Waals surface area contributed by atoms with Gasteiger partial charge in [0.25, 0.3) is 0 Å². The number of aliphatic hydroxyl groups is 1. The SMILES string of the molecule is CCCOc1ccc(CNCCCCO)cc1OCC. The van der Waals surface area contributed by atoms with Gasteiger partial charge in [-0.3, -0.25) is 0 Å². The molecule has 2 N–H and O–H groups in total. The molecule has 0 spiro atoms. The van der Waals surface area contributed by atoms with Crippen molar-refractivity contribution in [3.8, 4) is 11.5 Å². The van der Waals surface area contributed by atoms with Gasteiger partial charge in [-0.15, -0.1) is 0 Å². The molecule has 114 valence electrons. The van der Waals surface area contributed by atoms with E-state index in [1.54, 1.807) is 0 Å². The van der Waals surface area contributed by atoms with Crippen molar-refractivity contribution in [2.24, 2.45) is 0 Å². The molecule has 0 amide bonds. The zero-order valence-corrected chi connectivity index (χ0v) is 12.7. The normalized spacial score (nSPS) is 10.6. The van der Waals surface area contributed by atoms with Crippen LogP contribution in [0.3, 0.4) is 0 Å². The van der Waals surface area contributed by atoms with Crippen LogP contribution in [-0.2, 0) is 6.54 Å². The van der Waals surface area contributed by atoms with E-state index in [0.29, 0.717) is 13.2 Å². The minimum atomic E-state index is 0.264. The summed E-state index contributed by atoms with van der Waals surface area (Å²) in [5.74, 6) is 1.63. The van der Waals surface area contributed by atoms with Crippen molar-refractivity contribution < 1.29 is 14.6 Å². The molecule has 1 aromatic rings. The van der Waals surface area contributed by atoms with Gasteiger partial charge in [0.1, 0.15) is 0 Å². The van der Waals surface area contributed by atoms with Gasteiger partial charge in [-0.2, -0.15) is 0 Å². The van der Waals surface area contributed by atoms with Crippen molar-refractivity contribution in [1.29, 1.82) is 0 Å². The molecule has 1 aromatic carbocycles. The van der Waals surface area contributed by atoms with Crippen LogP contribution in [0.5, 0.6) is 11.5 Å². The third-order valence-electron chi connectivity index (χ3n) is 2.86. The van der Waals surface area contributed by atoms with Gasteiger partial charge in [0.2, 0.25) is 0 Å². The molecule has 0 saturated heterocycles. The molecule has 4 nitrogen and oxygen atoms in total. The molecule has 0 aliphatic heterocycles. The van der Waals surface area contributed by atoms with Crippen LogP contribution in [0.1, 0.15) is 38.7 Å². The van der Waals surface area contributed by atoms with Crippen molar-refractivity contribution in [3.05, 3.63) is 23.8 Å². The second kappa shape index (κ2) is 10.5. The van der Waals surface area contributed by atoms with E-state index >= 15 is 0 Å². The number of rotatable bonds is 11. The van der Waals surface area contributed by atoms with Gasteiger partial charge < -0.3 is 19.9 Å². The lowest BCUT2D eigenvalue weighted by molar-refractivity contribution is 0.276. The third kappa shape index (κ3) is 6.26. The van der Waals surface area contributed by atoms with Crippen LogP contribution in [0.25, 0.3) is 0 Å². The Balaban J connectivity index is 2.52. The maximum atomic E-state index is 8.72. The van der Waals surface area contributed by atoms with E-state index in [1.807, 2.05) is 19.1 Å². The highest BCUT2D eigenvalue weighted by Gasteiger charge is 2.06. The standard InChI is InChI=1S/C16H27NO3/c1-3-11-20-15-8-7-14(12-16(15)19-4-2)13-17-9-5-6-10-18/h7-8,12,17-18H,3-6,9-11,13H2,1-2H3. The van der Waals surface area contributed by atoms with Gasteiger partial charge >= 0.3 is 0 Å². The number of aliphatic hydroxyl groups excluding tert-OH is 1. The highest BCUT2D eigenvalue weighted by Crippen LogP contribution is 2.28. The average Bonchev–Trinajstić information content (AvgIpc) is 2.46. The predicted octanol–water partition coefficient (Wildman–Crippen LogP) is 2.74. The van der Waals surface area contributed by atoms with E-state index in [0.717, 1.165) is 43.9 Å². The second-order valence-corrected chi connectivity index (χ2v) is 4.67. The summed E-state index contributed by atoms with van der Waals surface area (Å²) in [6.45, 7) is 7.39. The molecular weight excluding hydrogens is 254 g/mol. The lowest BCUT2D eigenvalue weighted by Crippen LogP contribution is -2.15. The van der Waals surface area contributed by atoms with Gasteiger partial charge in [0, 0.05) is 13.2 Å². The molecular formula is C16H27NO3. The van der Waals surface area contributed by atoms with Crippen LogP contribution >= 0.6 is 0 Å². The van der Waals surface area contributed by atoms with Crippen LogP contribution < -0.4 is 14.8 Å². The molecule has 0 aliphatic carbocycles. The summed E-state index contributed by atoms with van der Waals surface area (Å²) in [7, 11) is 0. The molecule has 0 radical (unpaired) electrons. The number of ether oxygens (including phenoxy) is 2. The Kier molecular flexibility index (Phi) is 8.83. The maximum absolute atomic E-state index is 8.72. The minimum Gasteiger partial charge on any atom is -0.490 e. The first-order chi connectivity index (χ1) is 9.81. The summed E-state index contributed by atoms with van der Waals surface area (Å²) in [6.07, 6.45) is 2.83. The van der Waals surface area contributed by atoms with E-state index in [2.05, 4.69) is 18.3 Å². The first kappa shape index (κ1) is 16.8. The van der Waals surface area contributed by atoms with E-state index in [9.17, 15) is 0 Å². The van der Waals surface area contributed by atoms with Crippen molar-refractivity contribution in [1.82, 2.24) is 5.32 Å². The fraction of sp³-hybridized carbons (Fsp3) is 0.625. The average molecular weight is 281 g/mol. The van der Waals surface area contributed by atoms with Gasteiger partial charge in [-0.25, -0.2) is 0 Å². The fourth-order valence-corrected chi connectivity index (χ4v) is 1.86. The predicted molar refractivity (Wildman–Crippen MR) is 81.4 cm³/mol. The molecule has 20 heavy (non-hydrogen) atoms. The summed E-state index contributed by atoms with van der Waals surface area (Å²) in [6, 6.07) is 6.07. The van der Waals surface area contributed by atoms with Crippen LogP contribution in [-0.4, -0.2) is 31.5 Å². The molecule has 0 aromatic heterocycles. The van der Waals surface area contributed by atoms with Gasteiger partial charge in [0.15, 0.2) is 11.5 Å². The topological polar surface area (TPSA) is 50.7 Å². The molecule has 0 aliphatic rings. The van der Waals surface area contributed by atoms with E-state index in [-0.39, 0.29) is 6.61 Å². The molecule has 0 fully saturated rings. The summed E-state index contributed by atoms with van der Waals surface area (Å²) in [5, 5.41) is 12.1. The van der Waals surface area contributed by atoms with Crippen LogP contribution in [0.15, 0.2) is 18.2 Å². The Morgan fingerprint density at radius 2 is 1.95 bits per heavy atom. The van der Waals surface area contributed by atoms with Crippen LogP contribution in [0, 0.1) is 0 Å². The van der Waals surface area contributed by atoms with Crippen molar-refractivity contribution in [3.63, 3.8) is 0 Å². The lowest BCUT2D eigenvalue weighted by Gasteiger charge is -2.13. The molecule has 0 bridgehead atoms. The monoisotopic (exact) mass is 281 g/mol. The van der Waals surface area contributed by atoms with E-state index < -0.39 is 0 Å². The molecule has 0 unspecified atom stereocenters. The quantitative estimate of drug-likeness (QED) is 0.612. The van der Waals surface area contributed by atoms with Crippen LogP contribution in [0.2, 0.25) is 0 Å². The highest BCUT2D eigenvalue weighted by molar-refractivity contribution is 5.43. The van der Waals surface area contributed by atoms with Crippen LogP contribution in [0.4, 0.5) is 0 Å². The summed E-state index contributed by atoms with van der Waals surface area (Å²) >= 11 is 0. The number of hydrogen-bond acceptors (Lipinski definition) is 4. The van der Waals surface area contributed by atoms with Gasteiger partial charge in [0.05, 0.1) is 13.2 Å².